The number of imidazole rings is 1. The molecule has 12 heteroatoms. The summed E-state index contributed by atoms with van der Waals surface area (Å²) in [5, 5.41) is 2.35. The van der Waals surface area contributed by atoms with Crippen LogP contribution in [-0.4, -0.2) is 82.9 Å². The van der Waals surface area contributed by atoms with Crippen molar-refractivity contribution in [3.8, 4) is 0 Å². The van der Waals surface area contributed by atoms with Crippen molar-refractivity contribution in [2.45, 2.75) is 44.8 Å². The smallest absolute Gasteiger partial charge is 0.330 e. The molecule has 11 nitrogen and oxygen atoms in total. The Morgan fingerprint density at radius 3 is 2.55 bits per heavy atom. The van der Waals surface area contributed by atoms with E-state index in [-0.39, 0.29) is 30.2 Å². The minimum Gasteiger partial charge on any atom is -0.352 e. The Morgan fingerprint density at radius 2 is 2.00 bits per heavy atom. The lowest BCUT2D eigenvalue weighted by atomic mass is 10.0. The zero-order valence-electron chi connectivity index (χ0n) is 16.5. The molecular formula is C17H26N6O5S. The van der Waals surface area contributed by atoms with Crippen molar-refractivity contribution in [1.29, 1.82) is 0 Å². The van der Waals surface area contributed by atoms with Crippen molar-refractivity contribution in [1.82, 2.24) is 24.7 Å². The summed E-state index contributed by atoms with van der Waals surface area (Å²) in [6.07, 6.45) is 3.94. The van der Waals surface area contributed by atoms with Crippen molar-refractivity contribution in [3.63, 3.8) is 0 Å². The van der Waals surface area contributed by atoms with Gasteiger partial charge in [-0.15, -0.1) is 0 Å². The normalized spacial score (nSPS) is 18.6. The number of likely N-dealkylation sites (tertiary alicyclic amines) is 1. The summed E-state index contributed by atoms with van der Waals surface area (Å²) in [6.45, 7) is 3.11. The molecule has 4 amide bonds. The largest absolute Gasteiger partial charge is 0.352 e. The van der Waals surface area contributed by atoms with Crippen molar-refractivity contribution in [2.75, 3.05) is 25.1 Å². The maximum Gasteiger partial charge on any atom is 0.330 e. The lowest BCUT2D eigenvalue weighted by Gasteiger charge is -2.37. The highest BCUT2D eigenvalue weighted by atomic mass is 32.2. The van der Waals surface area contributed by atoms with Crippen LogP contribution in [0.3, 0.4) is 0 Å². The molecule has 3 N–H and O–H groups in total. The van der Waals surface area contributed by atoms with Crippen LogP contribution < -0.4 is 11.1 Å². The molecule has 3 heterocycles. The molecule has 0 aliphatic carbocycles. The minimum absolute atomic E-state index is 0.00409. The van der Waals surface area contributed by atoms with E-state index in [1.54, 1.807) is 27.5 Å². The van der Waals surface area contributed by atoms with Crippen LogP contribution in [0.15, 0.2) is 6.20 Å². The Balaban J connectivity index is 1.59. The van der Waals surface area contributed by atoms with Crippen molar-refractivity contribution in [3.05, 3.63) is 17.7 Å². The minimum atomic E-state index is -3.28. The second-order valence-corrected chi connectivity index (χ2v) is 9.84. The molecule has 1 atom stereocenters. The number of urea groups is 1. The summed E-state index contributed by atoms with van der Waals surface area (Å²) in [5.41, 5.74) is 6.00. The molecular weight excluding hydrogens is 400 g/mol. The van der Waals surface area contributed by atoms with Crippen LogP contribution in [0.1, 0.15) is 30.8 Å². The average molecular weight is 426 g/mol. The number of carbonyl (C=O) groups is 3. The molecule has 3 rings (SSSR count). The number of nitrogens with one attached hydrogen (secondary N) is 1. The fourth-order valence-corrected chi connectivity index (χ4v) is 4.56. The molecule has 1 fully saturated rings. The number of piperidine rings is 1. The van der Waals surface area contributed by atoms with Crippen LogP contribution in [0.25, 0.3) is 0 Å². The third kappa shape index (κ3) is 4.69. The number of sulfone groups is 1. The van der Waals surface area contributed by atoms with Gasteiger partial charge in [-0.05, 0) is 26.2 Å². The highest BCUT2D eigenvalue weighted by Crippen LogP contribution is 2.26. The number of fused-ring (bicyclic) bond motifs is 1. The van der Waals surface area contributed by atoms with Gasteiger partial charge in [-0.3, -0.25) is 9.36 Å². The number of aryl methyl sites for hydroxylation is 1. The third-order valence-corrected chi connectivity index (χ3v) is 6.37. The van der Waals surface area contributed by atoms with Crippen LogP contribution in [0, 0.1) is 6.92 Å². The number of rotatable bonds is 6. The highest BCUT2D eigenvalue weighted by Gasteiger charge is 2.37. The first kappa shape index (κ1) is 21.1. The number of primary amides is 1. The number of nitrogens with zero attached hydrogens (tertiary/aromatic N) is 4. The summed E-state index contributed by atoms with van der Waals surface area (Å²) in [5.74, 6) is 0.0742. The Hall–Kier alpha value is -2.63. The lowest BCUT2D eigenvalue weighted by molar-refractivity contribution is -0.134. The standard InChI is InChI=1S/C17H26N6O5S/c1-11-19-9-13-10-22(17(26)23(11)13)12-3-6-21(7-4-12)15(24)14(20-16(18)25)5-8-29(2,27)28/h9,12,14H,3-8,10H2,1-2H3,(H3,18,20,25)/t14-/m1/s1. The van der Waals surface area contributed by atoms with Gasteiger partial charge < -0.3 is 20.9 Å². The number of nitrogens with two attached hydrogens (primary N) is 1. The van der Waals surface area contributed by atoms with Crippen LogP contribution in [0.5, 0.6) is 0 Å². The Labute approximate surface area is 169 Å². The van der Waals surface area contributed by atoms with E-state index < -0.39 is 21.9 Å². The lowest BCUT2D eigenvalue weighted by Crippen LogP contribution is -2.54. The van der Waals surface area contributed by atoms with Gasteiger partial charge >= 0.3 is 12.1 Å². The fraction of sp³-hybridized carbons (Fsp3) is 0.647. The van der Waals surface area contributed by atoms with E-state index in [0.717, 1.165) is 11.9 Å². The van der Waals surface area contributed by atoms with E-state index in [1.165, 1.54) is 0 Å². The van der Waals surface area contributed by atoms with Gasteiger partial charge in [-0.1, -0.05) is 0 Å². The molecule has 1 aromatic rings. The van der Waals surface area contributed by atoms with E-state index in [2.05, 4.69) is 10.3 Å². The van der Waals surface area contributed by atoms with Gasteiger partial charge in [0.15, 0.2) is 0 Å². The molecule has 0 unspecified atom stereocenters. The number of hydrogen-bond acceptors (Lipinski definition) is 6. The molecule has 29 heavy (non-hydrogen) atoms. The Bertz CT molecular complexity index is 919. The first-order valence-corrected chi connectivity index (χ1v) is 11.5. The quantitative estimate of drug-likeness (QED) is 0.623. The summed E-state index contributed by atoms with van der Waals surface area (Å²) in [4.78, 5) is 44.2. The molecule has 0 bridgehead atoms. The monoisotopic (exact) mass is 426 g/mol. The summed E-state index contributed by atoms with van der Waals surface area (Å²) in [6, 6.07) is -1.95. The second-order valence-electron chi connectivity index (χ2n) is 7.58. The molecule has 0 aromatic carbocycles. The maximum absolute atomic E-state index is 12.8. The predicted molar refractivity (Wildman–Crippen MR) is 104 cm³/mol. The predicted octanol–water partition coefficient (Wildman–Crippen LogP) is -0.562. The van der Waals surface area contributed by atoms with Crippen molar-refractivity contribution >= 4 is 27.8 Å². The first-order chi connectivity index (χ1) is 13.6. The zero-order valence-corrected chi connectivity index (χ0v) is 17.3. The number of hydrogen-bond donors (Lipinski definition) is 2. The molecule has 0 radical (unpaired) electrons. The SMILES string of the molecule is Cc1ncc2n1C(=O)N(C1CCN(C(=O)[C@@H](CCS(C)(=O)=O)NC(N)=O)CC1)C2. The maximum atomic E-state index is 12.8. The summed E-state index contributed by atoms with van der Waals surface area (Å²) < 4.78 is 24.5. The molecule has 1 saturated heterocycles. The van der Waals surface area contributed by atoms with Gasteiger partial charge in [0.1, 0.15) is 21.7 Å². The van der Waals surface area contributed by atoms with E-state index in [0.29, 0.717) is 38.3 Å². The Kier molecular flexibility index (Phi) is 5.82. The average Bonchev–Trinajstić information content (AvgIpc) is 3.17. The summed E-state index contributed by atoms with van der Waals surface area (Å²) >= 11 is 0. The first-order valence-electron chi connectivity index (χ1n) is 9.43. The highest BCUT2D eigenvalue weighted by molar-refractivity contribution is 7.90. The van der Waals surface area contributed by atoms with Crippen LogP contribution in [0.2, 0.25) is 0 Å². The van der Waals surface area contributed by atoms with Gasteiger partial charge in [0.05, 0.1) is 24.2 Å². The van der Waals surface area contributed by atoms with Gasteiger partial charge in [0, 0.05) is 25.4 Å². The molecule has 2 aliphatic rings. The number of amides is 4. The van der Waals surface area contributed by atoms with E-state index in [9.17, 15) is 22.8 Å². The molecule has 0 spiro atoms. The van der Waals surface area contributed by atoms with Crippen LogP contribution in [0.4, 0.5) is 9.59 Å². The molecule has 2 aliphatic heterocycles. The zero-order chi connectivity index (χ0) is 21.3. The topological polar surface area (TPSA) is 148 Å². The van der Waals surface area contributed by atoms with E-state index in [1.807, 2.05) is 0 Å². The number of carbonyl (C=O) groups excluding carboxylic acids is 3. The van der Waals surface area contributed by atoms with Gasteiger partial charge in [0.25, 0.3) is 0 Å². The van der Waals surface area contributed by atoms with Gasteiger partial charge in [0.2, 0.25) is 5.91 Å². The van der Waals surface area contributed by atoms with Crippen LogP contribution >= 0.6 is 0 Å². The second kappa shape index (κ2) is 8.01. The van der Waals surface area contributed by atoms with E-state index in [4.69, 9.17) is 5.73 Å². The molecule has 1 aromatic heterocycles. The van der Waals surface area contributed by atoms with Crippen molar-refractivity contribution in [2.24, 2.45) is 5.73 Å². The fourth-order valence-electron chi connectivity index (χ4n) is 3.90. The summed E-state index contributed by atoms with van der Waals surface area (Å²) in [7, 11) is -3.28. The van der Waals surface area contributed by atoms with E-state index >= 15 is 0 Å². The Morgan fingerprint density at radius 1 is 1.34 bits per heavy atom. The molecule has 160 valence electrons. The van der Waals surface area contributed by atoms with Crippen LogP contribution in [-0.2, 0) is 21.2 Å². The number of aromatic nitrogens is 2. The third-order valence-electron chi connectivity index (χ3n) is 5.39. The van der Waals surface area contributed by atoms with Gasteiger partial charge in [-0.2, -0.15) is 0 Å². The van der Waals surface area contributed by atoms with Crippen molar-refractivity contribution < 1.29 is 22.8 Å². The molecule has 0 saturated carbocycles. The van der Waals surface area contributed by atoms with Gasteiger partial charge in [-0.25, -0.2) is 23.0 Å².